The van der Waals surface area contributed by atoms with Crippen molar-refractivity contribution < 1.29 is 9.59 Å². The summed E-state index contributed by atoms with van der Waals surface area (Å²) in [6, 6.07) is 8.20. The first-order valence-electron chi connectivity index (χ1n) is 7.40. The Morgan fingerprint density at radius 2 is 2.04 bits per heavy atom. The maximum Gasteiger partial charge on any atom is 0.272 e. The molecule has 0 saturated carbocycles. The van der Waals surface area contributed by atoms with Crippen LogP contribution in [0.3, 0.4) is 0 Å². The summed E-state index contributed by atoms with van der Waals surface area (Å²) < 4.78 is 0. The lowest BCUT2D eigenvalue weighted by molar-refractivity contribution is -0.120. The number of hydrogen-bond acceptors (Lipinski definition) is 4. The molecule has 0 spiro atoms. The Bertz CT molecular complexity index is 794. The van der Waals surface area contributed by atoms with E-state index in [1.807, 2.05) is 6.07 Å². The molecule has 0 unspecified atom stereocenters. The molecule has 1 aromatic heterocycles. The zero-order chi connectivity index (χ0) is 18.2. The van der Waals surface area contributed by atoms with Gasteiger partial charge in [0.25, 0.3) is 5.91 Å². The van der Waals surface area contributed by atoms with E-state index in [0.29, 0.717) is 17.3 Å². The van der Waals surface area contributed by atoms with Crippen LogP contribution in [0, 0.1) is 0 Å². The second-order valence-electron chi connectivity index (χ2n) is 5.23. The van der Waals surface area contributed by atoms with E-state index < -0.39 is 5.91 Å². The minimum atomic E-state index is -0.475. The molecular weight excluding hydrogens is 363 g/mol. The van der Waals surface area contributed by atoms with Crippen molar-refractivity contribution in [3.63, 3.8) is 0 Å². The van der Waals surface area contributed by atoms with Gasteiger partial charge in [-0.1, -0.05) is 29.3 Å². The molecule has 6 nitrogen and oxygen atoms in total. The molecule has 130 valence electrons. The van der Waals surface area contributed by atoms with Gasteiger partial charge in [-0.15, -0.1) is 0 Å². The fourth-order valence-corrected chi connectivity index (χ4v) is 2.41. The molecule has 0 aliphatic heterocycles. The van der Waals surface area contributed by atoms with E-state index in [1.165, 1.54) is 12.1 Å². The van der Waals surface area contributed by atoms with Crippen molar-refractivity contribution in [2.24, 2.45) is 5.10 Å². The van der Waals surface area contributed by atoms with Crippen LogP contribution < -0.4 is 10.7 Å². The number of amides is 2. The number of pyridine rings is 1. The van der Waals surface area contributed by atoms with Crippen molar-refractivity contribution in [2.75, 3.05) is 0 Å². The van der Waals surface area contributed by atoms with Crippen molar-refractivity contribution in [1.29, 1.82) is 0 Å². The molecule has 0 saturated heterocycles. The third-order valence-corrected chi connectivity index (χ3v) is 3.70. The number of nitrogens with one attached hydrogen (secondary N) is 2. The third kappa shape index (κ3) is 6.17. The number of rotatable bonds is 6. The molecule has 8 heteroatoms. The maximum atomic E-state index is 12.0. The number of halogens is 2. The molecular formula is C17H16Cl2N4O2. The minimum Gasteiger partial charge on any atom is -0.352 e. The van der Waals surface area contributed by atoms with Crippen LogP contribution in [-0.2, 0) is 11.3 Å². The molecule has 2 N–H and O–H groups in total. The smallest absolute Gasteiger partial charge is 0.272 e. The molecule has 0 radical (unpaired) electrons. The average molecular weight is 379 g/mol. The van der Waals surface area contributed by atoms with E-state index in [4.69, 9.17) is 23.2 Å². The molecule has 2 rings (SSSR count). The first-order chi connectivity index (χ1) is 12.0. The summed E-state index contributed by atoms with van der Waals surface area (Å²) in [7, 11) is 0. The number of aromatic nitrogens is 1. The SMILES string of the molecule is CC(CC(=O)NCc1cccnc1)=NNC(=O)c1ccc(Cl)cc1Cl. The monoisotopic (exact) mass is 378 g/mol. The van der Waals surface area contributed by atoms with Crippen LogP contribution in [0.15, 0.2) is 47.8 Å². The molecule has 0 bridgehead atoms. The van der Waals surface area contributed by atoms with Crippen LogP contribution in [0.25, 0.3) is 0 Å². The van der Waals surface area contributed by atoms with E-state index in [-0.39, 0.29) is 22.9 Å². The lowest BCUT2D eigenvalue weighted by atomic mass is 10.2. The van der Waals surface area contributed by atoms with Gasteiger partial charge in [0.1, 0.15) is 0 Å². The lowest BCUT2D eigenvalue weighted by Gasteiger charge is -2.06. The van der Waals surface area contributed by atoms with Gasteiger partial charge < -0.3 is 5.32 Å². The van der Waals surface area contributed by atoms with Crippen molar-refractivity contribution in [2.45, 2.75) is 19.9 Å². The summed E-state index contributed by atoms with van der Waals surface area (Å²) in [5.74, 6) is -0.680. The highest BCUT2D eigenvalue weighted by Crippen LogP contribution is 2.20. The van der Waals surface area contributed by atoms with Crippen molar-refractivity contribution in [1.82, 2.24) is 15.7 Å². The number of benzene rings is 1. The Morgan fingerprint density at radius 3 is 2.72 bits per heavy atom. The second-order valence-corrected chi connectivity index (χ2v) is 6.07. The Hall–Kier alpha value is -2.44. The zero-order valence-corrected chi connectivity index (χ0v) is 14.9. The Kier molecular flexibility index (Phi) is 6.91. The highest BCUT2D eigenvalue weighted by Gasteiger charge is 2.10. The first-order valence-corrected chi connectivity index (χ1v) is 8.15. The van der Waals surface area contributed by atoms with Crippen LogP contribution in [-0.4, -0.2) is 22.5 Å². The molecule has 0 aliphatic rings. The van der Waals surface area contributed by atoms with Gasteiger partial charge >= 0.3 is 0 Å². The van der Waals surface area contributed by atoms with Crippen molar-refractivity contribution in [3.05, 3.63) is 63.9 Å². The zero-order valence-electron chi connectivity index (χ0n) is 13.4. The quantitative estimate of drug-likeness (QED) is 0.597. The summed E-state index contributed by atoms with van der Waals surface area (Å²) >= 11 is 11.7. The molecule has 1 aromatic carbocycles. The first kappa shape index (κ1) is 18.9. The average Bonchev–Trinajstić information content (AvgIpc) is 2.59. The molecule has 25 heavy (non-hydrogen) atoms. The summed E-state index contributed by atoms with van der Waals surface area (Å²) in [4.78, 5) is 27.9. The van der Waals surface area contributed by atoms with Gasteiger partial charge in [0.15, 0.2) is 0 Å². The molecule has 2 amide bonds. The van der Waals surface area contributed by atoms with Crippen molar-refractivity contribution >= 4 is 40.7 Å². The number of carbonyl (C=O) groups excluding carboxylic acids is 2. The van der Waals surface area contributed by atoms with E-state index in [1.54, 1.807) is 31.5 Å². The van der Waals surface area contributed by atoms with E-state index in [0.717, 1.165) is 5.56 Å². The Balaban J connectivity index is 1.84. The van der Waals surface area contributed by atoms with Crippen LogP contribution in [0.2, 0.25) is 10.0 Å². The van der Waals surface area contributed by atoms with Gasteiger partial charge in [0.05, 0.1) is 17.0 Å². The highest BCUT2D eigenvalue weighted by atomic mass is 35.5. The molecule has 1 heterocycles. The van der Waals surface area contributed by atoms with Crippen LogP contribution in [0.1, 0.15) is 29.3 Å². The predicted molar refractivity (Wildman–Crippen MR) is 97.7 cm³/mol. The van der Waals surface area contributed by atoms with Gasteiger partial charge in [-0.2, -0.15) is 5.10 Å². The minimum absolute atomic E-state index is 0.0644. The number of hydrogen-bond donors (Lipinski definition) is 2. The number of hydrazone groups is 1. The Labute approximate surface area is 155 Å². The van der Waals surface area contributed by atoms with Crippen LogP contribution in [0.5, 0.6) is 0 Å². The lowest BCUT2D eigenvalue weighted by Crippen LogP contribution is -2.26. The Morgan fingerprint density at radius 1 is 1.24 bits per heavy atom. The number of carbonyl (C=O) groups is 2. The van der Waals surface area contributed by atoms with E-state index in [9.17, 15) is 9.59 Å². The standard InChI is InChI=1S/C17H16Cl2N4O2/c1-11(7-16(24)21-10-12-3-2-6-20-9-12)22-23-17(25)14-5-4-13(18)8-15(14)19/h2-6,8-9H,7,10H2,1H3,(H,21,24)(H,23,25). The normalized spacial score (nSPS) is 11.1. The van der Waals surface area contributed by atoms with E-state index in [2.05, 4.69) is 20.8 Å². The maximum absolute atomic E-state index is 12.0. The summed E-state index contributed by atoms with van der Waals surface area (Å²) in [5, 5.41) is 7.33. The van der Waals surface area contributed by atoms with Gasteiger partial charge in [-0.25, -0.2) is 5.43 Å². The second kappa shape index (κ2) is 9.15. The predicted octanol–water partition coefficient (Wildman–Crippen LogP) is 3.20. The van der Waals surface area contributed by atoms with Gasteiger partial charge in [-0.3, -0.25) is 14.6 Å². The number of nitrogens with zero attached hydrogens (tertiary/aromatic N) is 2. The topological polar surface area (TPSA) is 83.4 Å². The summed E-state index contributed by atoms with van der Waals surface area (Å²) in [6.45, 7) is 2.03. The summed E-state index contributed by atoms with van der Waals surface area (Å²) in [6.07, 6.45) is 3.41. The van der Waals surface area contributed by atoms with E-state index >= 15 is 0 Å². The molecule has 0 atom stereocenters. The highest BCUT2D eigenvalue weighted by molar-refractivity contribution is 6.36. The fraction of sp³-hybridized carbons (Fsp3) is 0.176. The summed E-state index contributed by atoms with van der Waals surface area (Å²) in [5.41, 5.74) is 3.98. The van der Waals surface area contributed by atoms with Gasteiger partial charge in [-0.05, 0) is 36.8 Å². The molecule has 0 fully saturated rings. The third-order valence-electron chi connectivity index (χ3n) is 3.15. The van der Waals surface area contributed by atoms with Gasteiger partial charge in [0, 0.05) is 29.7 Å². The van der Waals surface area contributed by atoms with Crippen molar-refractivity contribution in [3.8, 4) is 0 Å². The molecule has 0 aliphatic carbocycles. The fourth-order valence-electron chi connectivity index (χ4n) is 1.92. The van der Waals surface area contributed by atoms with Crippen LogP contribution in [0.4, 0.5) is 0 Å². The molecule has 2 aromatic rings. The van der Waals surface area contributed by atoms with Crippen LogP contribution >= 0.6 is 23.2 Å². The largest absolute Gasteiger partial charge is 0.352 e. The van der Waals surface area contributed by atoms with Gasteiger partial charge in [0.2, 0.25) is 5.91 Å².